The van der Waals surface area contributed by atoms with Gasteiger partial charge in [0.1, 0.15) is 6.04 Å². The van der Waals surface area contributed by atoms with Crippen LogP contribution in [0.2, 0.25) is 5.02 Å². The molecular formula is C23H23ClN4O3. The molecule has 2 atom stereocenters. The lowest BCUT2D eigenvalue weighted by Crippen LogP contribution is -2.58. The van der Waals surface area contributed by atoms with Gasteiger partial charge < -0.3 is 14.7 Å². The largest absolute Gasteiger partial charge is 0.346 e. The molecule has 1 aliphatic heterocycles. The summed E-state index contributed by atoms with van der Waals surface area (Å²) in [5.41, 5.74) is 1.60. The zero-order valence-electron chi connectivity index (χ0n) is 17.3. The maximum absolute atomic E-state index is 13.4. The lowest BCUT2D eigenvalue weighted by atomic mass is 9.95. The number of hydrogen-bond acceptors (Lipinski definition) is 5. The fraction of sp³-hybridized carbons (Fsp3) is 0.304. The standard InChI is InChI=1S/C23H23ClN4O3/c1-14(2)12-19-21(29)25-18(15-6-4-3-5-7-15)13-28(19)23(30)20-26-22(31-27-20)16-8-10-17(24)11-9-16/h3-11,14,18-19H,12-13H2,1-2H3,(H,25,29). The number of piperazine rings is 1. The third-order valence-corrected chi connectivity index (χ3v) is 5.49. The van der Waals surface area contributed by atoms with E-state index < -0.39 is 11.9 Å². The first-order valence-electron chi connectivity index (χ1n) is 10.2. The van der Waals surface area contributed by atoms with E-state index in [1.807, 2.05) is 44.2 Å². The van der Waals surface area contributed by atoms with Crippen molar-refractivity contribution in [2.24, 2.45) is 5.92 Å². The van der Waals surface area contributed by atoms with E-state index in [2.05, 4.69) is 15.5 Å². The number of carbonyl (C=O) groups excluding carboxylic acids is 2. The first kappa shape index (κ1) is 21.1. The Morgan fingerprint density at radius 1 is 1.19 bits per heavy atom. The summed E-state index contributed by atoms with van der Waals surface area (Å²) in [6.07, 6.45) is 0.543. The third-order valence-electron chi connectivity index (χ3n) is 5.24. The van der Waals surface area contributed by atoms with Crippen LogP contribution in [-0.4, -0.2) is 39.4 Å². The van der Waals surface area contributed by atoms with Gasteiger partial charge in [-0.05, 0) is 42.2 Å². The van der Waals surface area contributed by atoms with Crippen LogP contribution in [0.1, 0.15) is 42.5 Å². The van der Waals surface area contributed by atoms with Gasteiger partial charge in [0.05, 0.1) is 6.04 Å². The molecule has 1 aliphatic rings. The van der Waals surface area contributed by atoms with Gasteiger partial charge in [-0.25, -0.2) is 0 Å². The number of halogens is 1. The Kier molecular flexibility index (Phi) is 6.04. The molecular weight excluding hydrogens is 416 g/mol. The van der Waals surface area contributed by atoms with Gasteiger partial charge in [-0.3, -0.25) is 9.59 Å². The zero-order chi connectivity index (χ0) is 22.0. The van der Waals surface area contributed by atoms with E-state index >= 15 is 0 Å². The SMILES string of the molecule is CC(C)CC1C(=O)NC(c2ccccc2)CN1C(=O)c1noc(-c2ccc(Cl)cc2)n1. The molecule has 1 aromatic heterocycles. The summed E-state index contributed by atoms with van der Waals surface area (Å²) < 4.78 is 5.30. The maximum atomic E-state index is 13.4. The van der Waals surface area contributed by atoms with Crippen LogP contribution in [0.25, 0.3) is 11.5 Å². The number of carbonyl (C=O) groups is 2. The fourth-order valence-electron chi connectivity index (χ4n) is 3.71. The molecule has 3 aromatic rings. The van der Waals surface area contributed by atoms with Crippen molar-refractivity contribution in [1.29, 1.82) is 0 Å². The van der Waals surface area contributed by atoms with Crippen LogP contribution in [0.3, 0.4) is 0 Å². The second-order valence-corrected chi connectivity index (χ2v) is 8.44. The number of nitrogens with one attached hydrogen (secondary N) is 1. The first-order chi connectivity index (χ1) is 14.9. The van der Waals surface area contributed by atoms with Gasteiger partial charge in [-0.2, -0.15) is 4.98 Å². The molecule has 31 heavy (non-hydrogen) atoms. The van der Waals surface area contributed by atoms with E-state index in [0.717, 1.165) is 5.56 Å². The lowest BCUT2D eigenvalue weighted by molar-refractivity contribution is -0.130. The van der Waals surface area contributed by atoms with Crippen molar-refractivity contribution >= 4 is 23.4 Å². The Morgan fingerprint density at radius 3 is 2.58 bits per heavy atom. The number of aromatic nitrogens is 2. The molecule has 2 heterocycles. The van der Waals surface area contributed by atoms with Gasteiger partial charge in [0.15, 0.2) is 0 Å². The highest BCUT2D eigenvalue weighted by Crippen LogP contribution is 2.26. The topological polar surface area (TPSA) is 88.3 Å². The van der Waals surface area contributed by atoms with Crippen LogP contribution in [0, 0.1) is 5.92 Å². The molecule has 0 spiro atoms. The molecule has 160 valence electrons. The Bertz CT molecular complexity index is 1070. The minimum atomic E-state index is -0.593. The molecule has 2 amide bonds. The summed E-state index contributed by atoms with van der Waals surface area (Å²) in [7, 11) is 0. The van der Waals surface area contributed by atoms with E-state index in [1.165, 1.54) is 0 Å². The molecule has 8 heteroatoms. The monoisotopic (exact) mass is 438 g/mol. The minimum Gasteiger partial charge on any atom is -0.346 e. The molecule has 0 aliphatic carbocycles. The molecule has 1 saturated heterocycles. The molecule has 2 unspecified atom stereocenters. The molecule has 1 N–H and O–H groups in total. The summed E-state index contributed by atoms with van der Waals surface area (Å²) in [6, 6.07) is 15.6. The molecule has 2 aromatic carbocycles. The number of amides is 2. The van der Waals surface area contributed by atoms with E-state index in [-0.39, 0.29) is 29.6 Å². The van der Waals surface area contributed by atoms with Gasteiger partial charge in [0.2, 0.25) is 5.91 Å². The Balaban J connectivity index is 1.62. The Labute approximate surface area is 185 Å². The van der Waals surface area contributed by atoms with E-state index in [0.29, 0.717) is 23.6 Å². The second-order valence-electron chi connectivity index (χ2n) is 8.00. The van der Waals surface area contributed by atoms with Crippen LogP contribution >= 0.6 is 11.6 Å². The van der Waals surface area contributed by atoms with Gasteiger partial charge in [0.25, 0.3) is 17.6 Å². The number of benzene rings is 2. The maximum Gasteiger partial charge on any atom is 0.296 e. The first-order valence-corrected chi connectivity index (χ1v) is 10.6. The van der Waals surface area contributed by atoms with E-state index in [9.17, 15) is 9.59 Å². The summed E-state index contributed by atoms with van der Waals surface area (Å²) in [4.78, 5) is 32.1. The predicted molar refractivity (Wildman–Crippen MR) is 116 cm³/mol. The number of hydrogen-bond donors (Lipinski definition) is 1. The molecule has 0 bridgehead atoms. The van der Waals surface area contributed by atoms with Crippen LogP contribution < -0.4 is 5.32 Å². The van der Waals surface area contributed by atoms with Crippen LogP contribution in [-0.2, 0) is 4.79 Å². The van der Waals surface area contributed by atoms with E-state index in [4.69, 9.17) is 16.1 Å². The zero-order valence-corrected chi connectivity index (χ0v) is 18.0. The quantitative estimate of drug-likeness (QED) is 0.647. The summed E-state index contributed by atoms with van der Waals surface area (Å²) in [5.74, 6) is -0.218. The highest BCUT2D eigenvalue weighted by molar-refractivity contribution is 6.30. The second kappa shape index (κ2) is 8.89. The number of rotatable bonds is 5. The van der Waals surface area contributed by atoms with Gasteiger partial charge in [-0.1, -0.05) is 60.9 Å². The normalized spacial score (nSPS) is 18.8. The molecule has 0 saturated carbocycles. The minimum absolute atomic E-state index is 0.0692. The third kappa shape index (κ3) is 4.61. The molecule has 7 nitrogen and oxygen atoms in total. The predicted octanol–water partition coefficient (Wildman–Crippen LogP) is 4.12. The lowest BCUT2D eigenvalue weighted by Gasteiger charge is -2.39. The van der Waals surface area contributed by atoms with Crippen molar-refractivity contribution in [3.8, 4) is 11.5 Å². The summed E-state index contributed by atoms with van der Waals surface area (Å²) in [5, 5.41) is 7.52. The van der Waals surface area contributed by atoms with Crippen molar-refractivity contribution in [3.05, 3.63) is 71.0 Å². The molecule has 4 rings (SSSR count). The summed E-state index contributed by atoms with van der Waals surface area (Å²) >= 11 is 5.93. The van der Waals surface area contributed by atoms with Crippen molar-refractivity contribution in [2.45, 2.75) is 32.4 Å². The van der Waals surface area contributed by atoms with Crippen LogP contribution in [0.15, 0.2) is 59.1 Å². The molecule has 0 radical (unpaired) electrons. The smallest absolute Gasteiger partial charge is 0.296 e. The average molecular weight is 439 g/mol. The summed E-state index contributed by atoms with van der Waals surface area (Å²) in [6.45, 7) is 4.37. The van der Waals surface area contributed by atoms with Gasteiger partial charge >= 0.3 is 0 Å². The fourth-order valence-corrected chi connectivity index (χ4v) is 3.83. The molecule has 1 fully saturated rings. The van der Waals surface area contributed by atoms with Crippen molar-refractivity contribution in [3.63, 3.8) is 0 Å². The van der Waals surface area contributed by atoms with Crippen molar-refractivity contribution in [1.82, 2.24) is 20.4 Å². The number of nitrogens with zero attached hydrogens (tertiary/aromatic N) is 3. The highest BCUT2D eigenvalue weighted by Gasteiger charge is 2.39. The van der Waals surface area contributed by atoms with Gasteiger partial charge in [-0.15, -0.1) is 0 Å². The Morgan fingerprint density at radius 2 is 1.90 bits per heavy atom. The average Bonchev–Trinajstić information content (AvgIpc) is 3.25. The van der Waals surface area contributed by atoms with Crippen molar-refractivity contribution < 1.29 is 14.1 Å². The highest BCUT2D eigenvalue weighted by atomic mass is 35.5. The van der Waals surface area contributed by atoms with Crippen molar-refractivity contribution in [2.75, 3.05) is 6.54 Å². The Hall–Kier alpha value is -3.19. The van der Waals surface area contributed by atoms with Crippen LogP contribution in [0.5, 0.6) is 0 Å². The van der Waals surface area contributed by atoms with E-state index in [1.54, 1.807) is 29.2 Å². The van der Waals surface area contributed by atoms with Gasteiger partial charge in [0, 0.05) is 17.1 Å². The van der Waals surface area contributed by atoms with Crippen LogP contribution in [0.4, 0.5) is 0 Å².